The van der Waals surface area contributed by atoms with Crippen LogP contribution in [0, 0.1) is 0 Å². The van der Waals surface area contributed by atoms with Gasteiger partial charge < -0.3 is 4.57 Å². The minimum absolute atomic E-state index is 0.0361. The fourth-order valence-corrected chi connectivity index (χ4v) is 3.07. The van der Waals surface area contributed by atoms with Crippen LogP contribution in [0.2, 0.25) is 10.0 Å². The molecule has 0 aliphatic carbocycles. The van der Waals surface area contributed by atoms with Crippen molar-refractivity contribution >= 4 is 35.1 Å². The normalized spacial score (nSPS) is 16.0. The molecule has 3 aromatic rings. The summed E-state index contributed by atoms with van der Waals surface area (Å²) in [6.45, 7) is 0. The van der Waals surface area contributed by atoms with E-state index in [1.54, 1.807) is 12.4 Å². The van der Waals surface area contributed by atoms with Gasteiger partial charge in [0.15, 0.2) is 5.82 Å². The van der Waals surface area contributed by atoms with Gasteiger partial charge in [-0.25, -0.2) is 4.98 Å². The highest BCUT2D eigenvalue weighted by Gasteiger charge is 2.23. The molecule has 1 aromatic heterocycles. The van der Waals surface area contributed by atoms with Crippen LogP contribution in [0.5, 0.6) is 0 Å². The zero-order valence-corrected chi connectivity index (χ0v) is 13.0. The summed E-state index contributed by atoms with van der Waals surface area (Å²) < 4.78 is 2.09. The molecule has 0 bridgehead atoms. The number of aromatic nitrogens is 2. The van der Waals surface area contributed by atoms with Gasteiger partial charge in [0.25, 0.3) is 0 Å². The molecule has 0 saturated carbocycles. The molecule has 1 aliphatic heterocycles. The second-order valence-corrected chi connectivity index (χ2v) is 5.98. The minimum Gasteiger partial charge on any atom is -0.318 e. The van der Waals surface area contributed by atoms with E-state index in [2.05, 4.69) is 14.5 Å². The van der Waals surface area contributed by atoms with Gasteiger partial charge in [-0.3, -0.25) is 4.99 Å². The molecular weight excluding hydrogens is 317 g/mol. The summed E-state index contributed by atoms with van der Waals surface area (Å²) in [5.41, 5.74) is 3.05. The molecule has 0 N–H and O–H groups in total. The van der Waals surface area contributed by atoms with E-state index in [0.29, 0.717) is 10.0 Å². The van der Waals surface area contributed by atoms with Crippen LogP contribution < -0.4 is 0 Å². The van der Waals surface area contributed by atoms with Crippen molar-refractivity contribution in [3.63, 3.8) is 0 Å². The van der Waals surface area contributed by atoms with E-state index in [1.807, 2.05) is 48.7 Å². The lowest BCUT2D eigenvalue weighted by atomic mass is 9.97. The second kappa shape index (κ2) is 5.27. The van der Waals surface area contributed by atoms with E-state index >= 15 is 0 Å². The van der Waals surface area contributed by atoms with E-state index in [1.165, 1.54) is 0 Å². The molecule has 2 aromatic carbocycles. The Kier molecular flexibility index (Phi) is 3.25. The van der Waals surface area contributed by atoms with Crippen molar-refractivity contribution in [3.8, 4) is 0 Å². The van der Waals surface area contributed by atoms with Gasteiger partial charge in [-0.1, -0.05) is 35.3 Å². The Morgan fingerprint density at radius 3 is 2.55 bits per heavy atom. The Labute approximate surface area is 137 Å². The molecule has 3 nitrogen and oxygen atoms in total. The Hall–Kier alpha value is -2.10. The van der Waals surface area contributed by atoms with E-state index in [9.17, 15) is 0 Å². The summed E-state index contributed by atoms with van der Waals surface area (Å²) in [7, 11) is 0. The van der Waals surface area contributed by atoms with Gasteiger partial charge in [0.05, 0.1) is 17.9 Å². The Bertz CT molecular complexity index is 866. The van der Waals surface area contributed by atoms with E-state index < -0.39 is 0 Å². The molecule has 0 spiro atoms. The molecule has 1 unspecified atom stereocenters. The first-order valence-corrected chi connectivity index (χ1v) is 7.60. The molecule has 0 radical (unpaired) electrons. The molecule has 22 heavy (non-hydrogen) atoms. The van der Waals surface area contributed by atoms with Crippen LogP contribution in [0.4, 0.5) is 5.69 Å². The van der Waals surface area contributed by atoms with Gasteiger partial charge in [0, 0.05) is 28.0 Å². The predicted octanol–water partition coefficient (Wildman–Crippen LogP) is 4.89. The van der Waals surface area contributed by atoms with Gasteiger partial charge in [-0.05, 0) is 35.9 Å². The van der Waals surface area contributed by atoms with Gasteiger partial charge in [0.1, 0.15) is 0 Å². The topological polar surface area (TPSA) is 30.2 Å². The maximum atomic E-state index is 6.21. The Morgan fingerprint density at radius 2 is 1.73 bits per heavy atom. The number of halogens is 2. The zero-order valence-electron chi connectivity index (χ0n) is 11.4. The van der Waals surface area contributed by atoms with Crippen LogP contribution in [0.3, 0.4) is 0 Å². The summed E-state index contributed by atoms with van der Waals surface area (Å²) in [6.07, 6.45) is 5.51. The Morgan fingerprint density at radius 1 is 0.955 bits per heavy atom. The minimum atomic E-state index is -0.0361. The number of benzene rings is 2. The highest BCUT2D eigenvalue weighted by Crippen LogP contribution is 2.37. The van der Waals surface area contributed by atoms with Crippen LogP contribution in [0.1, 0.15) is 23.0 Å². The second-order valence-electron chi connectivity index (χ2n) is 5.11. The third kappa shape index (κ3) is 2.23. The van der Waals surface area contributed by atoms with Gasteiger partial charge in [0.2, 0.25) is 0 Å². The maximum absolute atomic E-state index is 6.21. The highest BCUT2D eigenvalue weighted by molar-refractivity contribution is 6.31. The standard InChI is InChI=1S/C17H11Cl2N3/c18-12-3-1-11(2-4-12)17-14-9-13(19)5-6-15(14)21-10-16-20-7-8-22(16)17/h1-10,17H. The lowest BCUT2D eigenvalue weighted by molar-refractivity contribution is 0.677. The first-order valence-electron chi connectivity index (χ1n) is 6.84. The summed E-state index contributed by atoms with van der Waals surface area (Å²) in [4.78, 5) is 8.91. The van der Waals surface area contributed by atoms with Crippen molar-refractivity contribution < 1.29 is 0 Å². The summed E-state index contributed by atoms with van der Waals surface area (Å²) >= 11 is 12.2. The first-order chi connectivity index (χ1) is 10.7. The fraction of sp³-hybridized carbons (Fsp3) is 0.0588. The maximum Gasteiger partial charge on any atom is 0.151 e. The van der Waals surface area contributed by atoms with Crippen LogP contribution in [0.15, 0.2) is 59.9 Å². The third-order valence-corrected chi connectivity index (χ3v) is 4.25. The predicted molar refractivity (Wildman–Crippen MR) is 89.6 cm³/mol. The van der Waals surface area contributed by atoms with Crippen LogP contribution in [-0.4, -0.2) is 15.8 Å². The van der Waals surface area contributed by atoms with E-state index in [4.69, 9.17) is 23.2 Å². The SMILES string of the molecule is Clc1ccc(C2c3cc(Cl)ccc3N=Cc3nccn32)cc1. The lowest BCUT2D eigenvalue weighted by Crippen LogP contribution is -2.13. The van der Waals surface area contributed by atoms with Crippen molar-refractivity contribution in [2.24, 2.45) is 4.99 Å². The van der Waals surface area contributed by atoms with Crippen molar-refractivity contribution in [1.82, 2.24) is 9.55 Å². The largest absolute Gasteiger partial charge is 0.318 e. The number of aliphatic imine (C=N–C) groups is 1. The van der Waals surface area contributed by atoms with Crippen LogP contribution >= 0.6 is 23.2 Å². The molecular formula is C17H11Cl2N3. The van der Waals surface area contributed by atoms with Crippen molar-refractivity contribution in [2.45, 2.75) is 6.04 Å². The smallest absolute Gasteiger partial charge is 0.151 e. The average Bonchev–Trinajstić information content (AvgIpc) is 2.91. The van der Waals surface area contributed by atoms with E-state index in [-0.39, 0.29) is 6.04 Å². The van der Waals surface area contributed by atoms with Crippen molar-refractivity contribution in [3.05, 3.63) is 81.9 Å². The quantitative estimate of drug-likeness (QED) is 0.489. The summed E-state index contributed by atoms with van der Waals surface area (Å²) in [6, 6.07) is 13.5. The number of hydrogen-bond acceptors (Lipinski definition) is 2. The number of nitrogens with zero attached hydrogens (tertiary/aromatic N) is 3. The molecule has 0 saturated heterocycles. The molecule has 108 valence electrons. The van der Waals surface area contributed by atoms with Crippen LogP contribution in [-0.2, 0) is 0 Å². The monoisotopic (exact) mass is 327 g/mol. The molecule has 2 heterocycles. The average molecular weight is 328 g/mol. The van der Waals surface area contributed by atoms with Gasteiger partial charge in [-0.15, -0.1) is 0 Å². The highest BCUT2D eigenvalue weighted by atomic mass is 35.5. The summed E-state index contributed by atoms with van der Waals surface area (Å²) in [5.74, 6) is 0.812. The van der Waals surface area contributed by atoms with Gasteiger partial charge in [-0.2, -0.15) is 0 Å². The number of rotatable bonds is 1. The van der Waals surface area contributed by atoms with Gasteiger partial charge >= 0.3 is 0 Å². The third-order valence-electron chi connectivity index (χ3n) is 3.77. The van der Waals surface area contributed by atoms with E-state index in [0.717, 1.165) is 22.6 Å². The molecule has 0 amide bonds. The van der Waals surface area contributed by atoms with Crippen LogP contribution in [0.25, 0.3) is 0 Å². The number of hydrogen-bond donors (Lipinski definition) is 0. The molecule has 1 atom stereocenters. The Balaban J connectivity index is 1.99. The number of fused-ring (bicyclic) bond motifs is 2. The first kappa shape index (κ1) is 13.6. The molecule has 4 rings (SSSR count). The molecule has 5 heteroatoms. The van der Waals surface area contributed by atoms with Crippen molar-refractivity contribution in [1.29, 1.82) is 0 Å². The molecule has 0 fully saturated rings. The zero-order chi connectivity index (χ0) is 15.1. The number of imidazole rings is 1. The fourth-order valence-electron chi connectivity index (χ4n) is 2.77. The lowest BCUT2D eigenvalue weighted by Gasteiger charge is -2.21. The summed E-state index contributed by atoms with van der Waals surface area (Å²) in [5, 5.41) is 1.40. The molecule has 1 aliphatic rings. The van der Waals surface area contributed by atoms with Crippen molar-refractivity contribution in [2.75, 3.05) is 0 Å².